The number of rotatable bonds is 5. The van der Waals surface area contributed by atoms with E-state index < -0.39 is 22.7 Å². The Morgan fingerprint density at radius 2 is 2.00 bits per heavy atom. The van der Waals surface area contributed by atoms with Crippen LogP contribution >= 0.6 is 27.3 Å². The highest BCUT2D eigenvalue weighted by molar-refractivity contribution is 9.11. The molecule has 0 aliphatic heterocycles. The monoisotopic (exact) mass is 379 g/mol. The third kappa shape index (κ3) is 4.44. The van der Waals surface area contributed by atoms with Crippen LogP contribution in [0.2, 0.25) is 0 Å². The number of hydrogen-bond donors (Lipinski definition) is 0. The van der Waals surface area contributed by atoms with Gasteiger partial charge in [-0.05, 0) is 35.3 Å². The summed E-state index contributed by atoms with van der Waals surface area (Å²) in [5.74, 6) is 0. The summed E-state index contributed by atoms with van der Waals surface area (Å²) in [4.78, 5) is 0.400. The Morgan fingerprint density at radius 1 is 1.42 bits per heavy atom. The predicted octanol–water partition coefficient (Wildman–Crippen LogP) is 3.78. The number of aryl methyl sites for hydroxylation is 1. The van der Waals surface area contributed by atoms with Crippen LogP contribution in [-0.4, -0.2) is 32.0 Å². The molecule has 1 aromatic rings. The minimum atomic E-state index is -4.55. The van der Waals surface area contributed by atoms with Crippen molar-refractivity contribution in [1.82, 2.24) is 4.31 Å². The lowest BCUT2D eigenvalue weighted by molar-refractivity contribution is -0.136. The van der Waals surface area contributed by atoms with Crippen LogP contribution in [-0.2, 0) is 10.0 Å². The second kappa shape index (κ2) is 6.11. The van der Waals surface area contributed by atoms with Crippen LogP contribution in [0.3, 0.4) is 0 Å². The van der Waals surface area contributed by atoms with Gasteiger partial charge in [-0.15, -0.1) is 11.3 Å². The van der Waals surface area contributed by atoms with Crippen molar-refractivity contribution in [3.8, 4) is 0 Å². The van der Waals surface area contributed by atoms with Crippen LogP contribution in [0, 0.1) is 6.92 Å². The molecule has 0 radical (unpaired) electrons. The van der Waals surface area contributed by atoms with E-state index in [2.05, 4.69) is 15.9 Å². The SMILES string of the molecule is CCCN(CC(F)(F)F)S(=O)(=O)c1cc(Br)sc1C. The van der Waals surface area contributed by atoms with E-state index in [4.69, 9.17) is 0 Å². The van der Waals surface area contributed by atoms with Crippen molar-refractivity contribution >= 4 is 37.3 Å². The quantitative estimate of drug-likeness (QED) is 0.780. The lowest BCUT2D eigenvalue weighted by Gasteiger charge is -2.22. The van der Waals surface area contributed by atoms with Gasteiger partial charge in [0.15, 0.2) is 0 Å². The zero-order valence-electron chi connectivity index (χ0n) is 10.3. The normalized spacial score (nSPS) is 13.2. The first kappa shape index (κ1) is 16.9. The maximum atomic E-state index is 12.5. The van der Waals surface area contributed by atoms with Crippen LogP contribution in [0.4, 0.5) is 13.2 Å². The molecule has 0 amide bonds. The molecule has 0 N–H and O–H groups in total. The highest BCUT2D eigenvalue weighted by Crippen LogP contribution is 2.32. The average Bonchev–Trinajstić information content (AvgIpc) is 2.56. The second-order valence-corrected chi connectivity index (χ2v) is 8.47. The summed E-state index contributed by atoms with van der Waals surface area (Å²) < 4.78 is 63.0. The van der Waals surface area contributed by atoms with Crippen molar-refractivity contribution in [2.75, 3.05) is 13.1 Å². The molecule has 0 saturated heterocycles. The molecule has 0 saturated carbocycles. The largest absolute Gasteiger partial charge is 0.402 e. The van der Waals surface area contributed by atoms with E-state index in [0.717, 1.165) is 0 Å². The summed E-state index contributed by atoms with van der Waals surface area (Å²) in [5, 5.41) is 0. The van der Waals surface area contributed by atoms with Gasteiger partial charge in [0.2, 0.25) is 10.0 Å². The maximum absolute atomic E-state index is 12.5. The van der Waals surface area contributed by atoms with Crippen molar-refractivity contribution in [2.24, 2.45) is 0 Å². The Morgan fingerprint density at radius 3 is 2.37 bits per heavy atom. The predicted molar refractivity (Wildman–Crippen MR) is 71.9 cm³/mol. The molecule has 0 atom stereocenters. The molecule has 110 valence electrons. The summed E-state index contributed by atoms with van der Waals surface area (Å²) in [6.07, 6.45) is -4.23. The lowest BCUT2D eigenvalue weighted by Crippen LogP contribution is -2.39. The highest BCUT2D eigenvalue weighted by atomic mass is 79.9. The fourth-order valence-corrected chi connectivity index (χ4v) is 5.46. The molecule has 9 heteroatoms. The number of hydrogen-bond acceptors (Lipinski definition) is 3. The molecular formula is C10H13BrF3NO2S2. The van der Waals surface area contributed by atoms with Gasteiger partial charge in [0, 0.05) is 11.4 Å². The van der Waals surface area contributed by atoms with Gasteiger partial charge in [-0.3, -0.25) is 0 Å². The Bertz CT molecular complexity index is 539. The minimum Gasteiger partial charge on any atom is -0.207 e. The fourth-order valence-electron chi connectivity index (χ4n) is 1.56. The van der Waals surface area contributed by atoms with Crippen molar-refractivity contribution in [1.29, 1.82) is 0 Å². The van der Waals surface area contributed by atoms with E-state index in [1.165, 1.54) is 17.4 Å². The standard InChI is InChI=1S/C10H13BrF3NO2S2/c1-3-4-15(6-10(12,13)14)19(16,17)8-5-9(11)18-7(8)2/h5H,3-4,6H2,1-2H3. The lowest BCUT2D eigenvalue weighted by atomic mass is 10.5. The molecule has 19 heavy (non-hydrogen) atoms. The zero-order chi connectivity index (χ0) is 14.8. The van der Waals surface area contributed by atoms with Crippen LogP contribution in [0.1, 0.15) is 18.2 Å². The zero-order valence-corrected chi connectivity index (χ0v) is 13.5. The van der Waals surface area contributed by atoms with Gasteiger partial charge >= 0.3 is 6.18 Å². The second-order valence-electron chi connectivity index (χ2n) is 3.92. The van der Waals surface area contributed by atoms with Crippen LogP contribution in [0.15, 0.2) is 14.7 Å². The third-order valence-corrected chi connectivity index (χ3v) is 5.94. The average molecular weight is 380 g/mol. The summed E-state index contributed by atoms with van der Waals surface area (Å²) in [6.45, 7) is 1.58. The Hall–Kier alpha value is -0.120. The van der Waals surface area contributed by atoms with E-state index in [1.807, 2.05) is 0 Å². The van der Waals surface area contributed by atoms with E-state index in [-0.39, 0.29) is 11.4 Å². The van der Waals surface area contributed by atoms with E-state index >= 15 is 0 Å². The van der Waals surface area contributed by atoms with E-state index in [0.29, 0.717) is 19.4 Å². The molecule has 0 aliphatic carbocycles. The molecule has 0 bridgehead atoms. The highest BCUT2D eigenvalue weighted by Gasteiger charge is 2.37. The molecule has 1 aromatic heterocycles. The summed E-state index contributed by atoms with van der Waals surface area (Å²) in [7, 11) is -4.11. The Balaban J connectivity index is 3.16. The summed E-state index contributed by atoms with van der Waals surface area (Å²) in [6, 6.07) is 1.34. The molecular weight excluding hydrogens is 367 g/mol. The minimum absolute atomic E-state index is 0.0675. The van der Waals surface area contributed by atoms with Gasteiger partial charge in [0.05, 0.1) is 8.68 Å². The molecule has 0 aromatic carbocycles. The molecule has 0 spiro atoms. The van der Waals surface area contributed by atoms with Gasteiger partial charge < -0.3 is 0 Å². The molecule has 0 fully saturated rings. The van der Waals surface area contributed by atoms with Crippen molar-refractivity contribution in [2.45, 2.75) is 31.3 Å². The van der Waals surface area contributed by atoms with E-state index in [1.54, 1.807) is 13.8 Å². The van der Waals surface area contributed by atoms with Crippen LogP contribution in [0.5, 0.6) is 0 Å². The first-order valence-electron chi connectivity index (χ1n) is 5.40. The first-order valence-corrected chi connectivity index (χ1v) is 8.45. The Kier molecular flexibility index (Phi) is 5.44. The van der Waals surface area contributed by atoms with Gasteiger partial charge in [-0.2, -0.15) is 17.5 Å². The van der Waals surface area contributed by atoms with Gasteiger partial charge in [-0.1, -0.05) is 6.92 Å². The summed E-state index contributed by atoms with van der Waals surface area (Å²) >= 11 is 4.32. The van der Waals surface area contributed by atoms with Gasteiger partial charge in [-0.25, -0.2) is 8.42 Å². The van der Waals surface area contributed by atoms with Crippen LogP contribution < -0.4 is 0 Å². The van der Waals surface area contributed by atoms with Crippen LogP contribution in [0.25, 0.3) is 0 Å². The summed E-state index contributed by atoms with van der Waals surface area (Å²) in [5.41, 5.74) is 0. The number of alkyl halides is 3. The number of sulfonamides is 1. The van der Waals surface area contributed by atoms with Gasteiger partial charge in [0.1, 0.15) is 6.54 Å². The van der Waals surface area contributed by atoms with Crippen molar-refractivity contribution in [3.05, 3.63) is 14.7 Å². The Labute approximate surface area is 122 Å². The topological polar surface area (TPSA) is 37.4 Å². The fraction of sp³-hybridized carbons (Fsp3) is 0.600. The van der Waals surface area contributed by atoms with E-state index in [9.17, 15) is 21.6 Å². The smallest absolute Gasteiger partial charge is 0.207 e. The van der Waals surface area contributed by atoms with Gasteiger partial charge in [0.25, 0.3) is 0 Å². The molecule has 1 rings (SSSR count). The van der Waals surface area contributed by atoms with Crippen molar-refractivity contribution < 1.29 is 21.6 Å². The number of halogens is 4. The maximum Gasteiger partial charge on any atom is 0.402 e. The number of thiophene rings is 1. The number of nitrogens with zero attached hydrogens (tertiary/aromatic N) is 1. The molecule has 0 unspecified atom stereocenters. The molecule has 3 nitrogen and oxygen atoms in total. The first-order chi connectivity index (χ1) is 8.58. The third-order valence-electron chi connectivity index (χ3n) is 2.29. The molecule has 1 heterocycles. The molecule has 0 aliphatic rings. The van der Waals surface area contributed by atoms with Crippen molar-refractivity contribution in [3.63, 3.8) is 0 Å².